The van der Waals surface area contributed by atoms with Gasteiger partial charge >= 0.3 is 0 Å². The van der Waals surface area contributed by atoms with Crippen molar-refractivity contribution in [2.24, 2.45) is 0 Å². The van der Waals surface area contributed by atoms with Crippen LogP contribution < -0.4 is 9.64 Å². The molecule has 4 heteroatoms. The first kappa shape index (κ1) is 14.3. The van der Waals surface area contributed by atoms with Crippen molar-refractivity contribution in [1.82, 2.24) is 9.97 Å². The van der Waals surface area contributed by atoms with Gasteiger partial charge in [-0.25, -0.2) is 9.97 Å². The van der Waals surface area contributed by atoms with Crippen LogP contribution in [0, 0.1) is 6.92 Å². The average Bonchev–Trinajstić information content (AvgIpc) is 2.48. The SMILES string of the molecule is CCCCN(c1ccc(OC)cc1)c1ccnc(C)n1. The fraction of sp³-hybridized carbons (Fsp3) is 0.375. The van der Waals surface area contributed by atoms with Crippen LogP contribution >= 0.6 is 0 Å². The Morgan fingerprint density at radius 3 is 2.50 bits per heavy atom. The lowest BCUT2D eigenvalue weighted by Gasteiger charge is -2.24. The molecule has 1 heterocycles. The van der Waals surface area contributed by atoms with Crippen molar-refractivity contribution in [3.05, 3.63) is 42.4 Å². The third kappa shape index (κ3) is 3.47. The molecule has 0 N–H and O–H groups in total. The highest BCUT2D eigenvalue weighted by Gasteiger charge is 2.10. The van der Waals surface area contributed by atoms with E-state index in [2.05, 4.69) is 33.9 Å². The first-order valence-corrected chi connectivity index (χ1v) is 6.96. The van der Waals surface area contributed by atoms with E-state index in [4.69, 9.17) is 4.74 Å². The molecule has 2 aromatic rings. The number of nitrogens with zero attached hydrogens (tertiary/aromatic N) is 3. The Bertz CT molecular complexity index is 540. The van der Waals surface area contributed by atoms with Crippen LogP contribution in [0.15, 0.2) is 36.5 Å². The van der Waals surface area contributed by atoms with Gasteiger partial charge in [-0.2, -0.15) is 0 Å². The van der Waals surface area contributed by atoms with Crippen LogP contribution in [0.3, 0.4) is 0 Å². The molecule has 106 valence electrons. The highest BCUT2D eigenvalue weighted by Crippen LogP contribution is 2.26. The quantitative estimate of drug-likeness (QED) is 0.802. The number of unbranched alkanes of at least 4 members (excludes halogenated alkanes) is 1. The molecular weight excluding hydrogens is 250 g/mol. The monoisotopic (exact) mass is 271 g/mol. The number of aromatic nitrogens is 2. The largest absolute Gasteiger partial charge is 0.497 e. The Balaban J connectivity index is 2.30. The van der Waals surface area contributed by atoms with Crippen LogP contribution in [-0.4, -0.2) is 23.6 Å². The first-order chi connectivity index (χ1) is 9.74. The predicted molar refractivity (Wildman–Crippen MR) is 81.7 cm³/mol. The van der Waals surface area contributed by atoms with Crippen LogP contribution in [-0.2, 0) is 0 Å². The second-order valence-electron chi connectivity index (χ2n) is 4.67. The van der Waals surface area contributed by atoms with Gasteiger partial charge in [-0.3, -0.25) is 0 Å². The van der Waals surface area contributed by atoms with Crippen LogP contribution in [0.4, 0.5) is 11.5 Å². The van der Waals surface area contributed by atoms with E-state index in [9.17, 15) is 0 Å². The molecule has 0 radical (unpaired) electrons. The maximum Gasteiger partial charge on any atom is 0.136 e. The Morgan fingerprint density at radius 1 is 1.15 bits per heavy atom. The highest BCUT2D eigenvalue weighted by molar-refractivity contribution is 5.60. The molecule has 1 aromatic heterocycles. The number of hydrogen-bond acceptors (Lipinski definition) is 4. The van der Waals surface area contributed by atoms with Gasteiger partial charge in [0.05, 0.1) is 7.11 Å². The van der Waals surface area contributed by atoms with E-state index < -0.39 is 0 Å². The molecule has 0 bridgehead atoms. The summed E-state index contributed by atoms with van der Waals surface area (Å²) >= 11 is 0. The molecular formula is C16H21N3O. The summed E-state index contributed by atoms with van der Waals surface area (Å²) in [5.41, 5.74) is 1.12. The summed E-state index contributed by atoms with van der Waals surface area (Å²) in [6.45, 7) is 5.05. The van der Waals surface area contributed by atoms with Crippen molar-refractivity contribution in [3.63, 3.8) is 0 Å². The third-order valence-corrected chi connectivity index (χ3v) is 3.16. The summed E-state index contributed by atoms with van der Waals surface area (Å²) in [5.74, 6) is 2.59. The maximum absolute atomic E-state index is 5.21. The van der Waals surface area contributed by atoms with E-state index in [1.165, 1.54) is 0 Å². The van der Waals surface area contributed by atoms with E-state index in [1.54, 1.807) is 13.3 Å². The molecule has 1 aromatic carbocycles. The topological polar surface area (TPSA) is 38.2 Å². The van der Waals surface area contributed by atoms with Crippen molar-refractivity contribution < 1.29 is 4.74 Å². The van der Waals surface area contributed by atoms with Gasteiger partial charge in [-0.05, 0) is 43.7 Å². The van der Waals surface area contributed by atoms with Crippen LogP contribution in [0.1, 0.15) is 25.6 Å². The molecule has 0 saturated heterocycles. The smallest absolute Gasteiger partial charge is 0.136 e. The zero-order chi connectivity index (χ0) is 14.4. The minimum absolute atomic E-state index is 0.789. The average molecular weight is 271 g/mol. The van der Waals surface area contributed by atoms with Gasteiger partial charge in [-0.15, -0.1) is 0 Å². The Labute approximate surface area is 120 Å². The number of methoxy groups -OCH3 is 1. The minimum Gasteiger partial charge on any atom is -0.497 e. The minimum atomic E-state index is 0.789. The van der Waals surface area contributed by atoms with Crippen LogP contribution in [0.2, 0.25) is 0 Å². The maximum atomic E-state index is 5.21. The number of aryl methyl sites for hydroxylation is 1. The number of benzene rings is 1. The fourth-order valence-electron chi connectivity index (χ4n) is 2.05. The molecule has 0 atom stereocenters. The van der Waals surface area contributed by atoms with Crippen molar-refractivity contribution in [2.75, 3.05) is 18.6 Å². The van der Waals surface area contributed by atoms with Crippen molar-refractivity contribution in [1.29, 1.82) is 0 Å². The van der Waals surface area contributed by atoms with Gasteiger partial charge in [0.1, 0.15) is 17.4 Å². The third-order valence-electron chi connectivity index (χ3n) is 3.16. The van der Waals surface area contributed by atoms with E-state index in [-0.39, 0.29) is 0 Å². The molecule has 2 rings (SSSR count). The van der Waals surface area contributed by atoms with E-state index in [1.807, 2.05) is 25.1 Å². The molecule has 0 fully saturated rings. The van der Waals surface area contributed by atoms with E-state index >= 15 is 0 Å². The molecule has 0 spiro atoms. The fourth-order valence-corrected chi connectivity index (χ4v) is 2.05. The number of rotatable bonds is 6. The molecule has 0 aliphatic carbocycles. The first-order valence-electron chi connectivity index (χ1n) is 6.96. The highest BCUT2D eigenvalue weighted by atomic mass is 16.5. The van der Waals surface area contributed by atoms with Gasteiger partial charge in [-0.1, -0.05) is 13.3 Å². The lowest BCUT2D eigenvalue weighted by molar-refractivity contribution is 0.415. The normalized spacial score (nSPS) is 10.3. The molecule has 0 amide bonds. The van der Waals surface area contributed by atoms with Crippen molar-refractivity contribution in [2.45, 2.75) is 26.7 Å². The standard InChI is InChI=1S/C16H21N3O/c1-4-5-12-19(16-10-11-17-13(2)18-16)14-6-8-15(20-3)9-7-14/h6-11H,4-5,12H2,1-3H3. The molecule has 0 aliphatic heterocycles. The second kappa shape index (κ2) is 6.89. The van der Waals surface area contributed by atoms with Crippen molar-refractivity contribution >= 4 is 11.5 Å². The summed E-state index contributed by atoms with van der Waals surface area (Å²) in [7, 11) is 1.68. The van der Waals surface area contributed by atoms with Crippen LogP contribution in [0.25, 0.3) is 0 Å². The van der Waals surface area contributed by atoms with E-state index in [0.717, 1.165) is 42.5 Å². The van der Waals surface area contributed by atoms with Gasteiger partial charge in [0, 0.05) is 18.4 Å². The Hall–Kier alpha value is -2.10. The van der Waals surface area contributed by atoms with Crippen molar-refractivity contribution in [3.8, 4) is 5.75 Å². The molecule has 0 aliphatic rings. The number of anilines is 2. The molecule has 0 saturated carbocycles. The summed E-state index contributed by atoms with van der Waals surface area (Å²) in [6.07, 6.45) is 4.08. The lowest BCUT2D eigenvalue weighted by atomic mass is 10.2. The van der Waals surface area contributed by atoms with Gasteiger partial charge in [0.2, 0.25) is 0 Å². The molecule has 20 heavy (non-hydrogen) atoms. The molecule has 0 unspecified atom stereocenters. The summed E-state index contributed by atoms with van der Waals surface area (Å²) in [5, 5.41) is 0. The zero-order valence-corrected chi connectivity index (χ0v) is 12.3. The lowest BCUT2D eigenvalue weighted by Crippen LogP contribution is -2.19. The predicted octanol–water partition coefficient (Wildman–Crippen LogP) is 3.73. The zero-order valence-electron chi connectivity index (χ0n) is 12.3. The number of ether oxygens (including phenoxy) is 1. The summed E-state index contributed by atoms with van der Waals surface area (Å²) < 4.78 is 5.21. The van der Waals surface area contributed by atoms with E-state index in [0.29, 0.717) is 0 Å². The Kier molecular flexibility index (Phi) is 4.93. The summed E-state index contributed by atoms with van der Waals surface area (Å²) in [6, 6.07) is 10.0. The van der Waals surface area contributed by atoms with Crippen LogP contribution in [0.5, 0.6) is 5.75 Å². The summed E-state index contributed by atoms with van der Waals surface area (Å²) in [4.78, 5) is 10.9. The number of hydrogen-bond donors (Lipinski definition) is 0. The van der Waals surface area contributed by atoms with Gasteiger partial charge in [0.15, 0.2) is 0 Å². The Morgan fingerprint density at radius 2 is 1.90 bits per heavy atom. The van der Waals surface area contributed by atoms with Gasteiger partial charge < -0.3 is 9.64 Å². The second-order valence-corrected chi connectivity index (χ2v) is 4.67. The van der Waals surface area contributed by atoms with Gasteiger partial charge in [0.25, 0.3) is 0 Å². The molecule has 4 nitrogen and oxygen atoms in total.